The van der Waals surface area contributed by atoms with Gasteiger partial charge in [0.05, 0.1) is 22.1 Å². The van der Waals surface area contributed by atoms with Gasteiger partial charge in [0.15, 0.2) is 11.6 Å². The highest BCUT2D eigenvalue weighted by Gasteiger charge is 2.38. The molecule has 3 aromatic heterocycles. The summed E-state index contributed by atoms with van der Waals surface area (Å²) in [6.07, 6.45) is 2.38. The van der Waals surface area contributed by atoms with E-state index in [2.05, 4.69) is 201 Å². The Hall–Kier alpha value is -7.63. The summed E-state index contributed by atoms with van der Waals surface area (Å²) < 4.78 is 4.66. The van der Waals surface area contributed by atoms with Crippen LogP contribution in [-0.4, -0.2) is 24.1 Å². The molecule has 0 saturated carbocycles. The zero-order chi connectivity index (χ0) is 43.2. The molecule has 11 aromatic rings. The smallest absolute Gasteiger partial charge is 0.238 e. The van der Waals surface area contributed by atoms with Gasteiger partial charge in [0.2, 0.25) is 5.95 Å². The molecule has 5 nitrogen and oxygen atoms in total. The monoisotopic (exact) mass is 825 g/mol. The number of hydrogen-bond acceptors (Lipinski definition) is 3. The molecule has 0 bridgehead atoms. The fraction of sp³-hybridized carbons (Fsp3) is 0.136. The molecule has 0 spiro atoms. The quantitative estimate of drug-likeness (QED) is 0.168. The van der Waals surface area contributed by atoms with E-state index in [9.17, 15) is 0 Å². The van der Waals surface area contributed by atoms with Crippen molar-refractivity contribution in [2.24, 2.45) is 0 Å². The van der Waals surface area contributed by atoms with Gasteiger partial charge in [-0.2, -0.15) is 9.97 Å². The second-order valence-corrected chi connectivity index (χ2v) is 18.7. The maximum atomic E-state index is 5.28. The standard InChI is InChI=1S/C59H47N5/c1-58(2)36-37-59(3,4)54-44(22-15-23-47(54)58)40-30-32-43(33-31-40)63-48-24-13-11-20-45(48)52-50(63)34-35-51-53(52)46-21-12-14-25-49(46)64(51)57-61-55(41-18-9-6-10-19-41)60-56(62-57)42-28-26-39(27-29-42)38-16-7-5-8-17-38/h5-35H,36-37H2,1-4H3. The summed E-state index contributed by atoms with van der Waals surface area (Å²) in [5.74, 6) is 1.83. The first-order valence-electron chi connectivity index (χ1n) is 22.4. The SMILES string of the molecule is CC1(C)CCC(C)(C)c2c(-c3ccc(-n4c5ccccc5c5c6c7ccccc7n(-c7nc(-c8ccccc8)nc(-c8ccc(-c9ccccc9)cc8)n7)c6ccc54)cc3)cccc21. The van der Waals surface area contributed by atoms with Crippen LogP contribution >= 0.6 is 0 Å². The summed E-state index contributed by atoms with van der Waals surface area (Å²) in [5.41, 5.74) is 15.6. The van der Waals surface area contributed by atoms with Crippen LogP contribution in [0, 0.1) is 0 Å². The van der Waals surface area contributed by atoms with Gasteiger partial charge in [0.1, 0.15) is 0 Å². The Bertz CT molecular complexity index is 3580. The highest BCUT2D eigenvalue weighted by molar-refractivity contribution is 6.28. The minimum absolute atomic E-state index is 0.109. The summed E-state index contributed by atoms with van der Waals surface area (Å²) in [6.45, 7) is 9.64. The number of hydrogen-bond donors (Lipinski definition) is 0. The Morgan fingerprint density at radius 1 is 0.375 bits per heavy atom. The molecule has 64 heavy (non-hydrogen) atoms. The molecule has 308 valence electrons. The zero-order valence-electron chi connectivity index (χ0n) is 36.5. The van der Waals surface area contributed by atoms with Crippen molar-refractivity contribution in [1.29, 1.82) is 0 Å². The van der Waals surface area contributed by atoms with Crippen LogP contribution < -0.4 is 0 Å². The van der Waals surface area contributed by atoms with Crippen molar-refractivity contribution < 1.29 is 0 Å². The van der Waals surface area contributed by atoms with Crippen LogP contribution in [0.2, 0.25) is 0 Å². The second-order valence-electron chi connectivity index (χ2n) is 18.7. The van der Waals surface area contributed by atoms with Crippen LogP contribution in [0.1, 0.15) is 51.7 Å². The third kappa shape index (κ3) is 6.02. The van der Waals surface area contributed by atoms with Crippen molar-refractivity contribution in [3.8, 4) is 56.7 Å². The molecule has 0 amide bonds. The van der Waals surface area contributed by atoms with Crippen molar-refractivity contribution in [2.45, 2.75) is 51.4 Å². The van der Waals surface area contributed by atoms with Crippen LogP contribution in [0.4, 0.5) is 0 Å². The predicted molar refractivity (Wildman–Crippen MR) is 266 cm³/mol. The van der Waals surface area contributed by atoms with E-state index in [4.69, 9.17) is 15.0 Å². The van der Waals surface area contributed by atoms with Crippen LogP contribution in [0.15, 0.2) is 188 Å². The average molecular weight is 826 g/mol. The second kappa shape index (κ2) is 14.5. The molecular weight excluding hydrogens is 779 g/mol. The molecule has 1 aliphatic rings. The Labute approximate surface area is 373 Å². The van der Waals surface area contributed by atoms with Gasteiger partial charge >= 0.3 is 0 Å². The van der Waals surface area contributed by atoms with Gasteiger partial charge in [-0.3, -0.25) is 4.57 Å². The largest absolute Gasteiger partial charge is 0.309 e. The maximum absolute atomic E-state index is 5.28. The van der Waals surface area contributed by atoms with Crippen molar-refractivity contribution in [3.05, 3.63) is 199 Å². The molecule has 0 N–H and O–H groups in total. The van der Waals surface area contributed by atoms with E-state index in [1.165, 1.54) is 62.3 Å². The predicted octanol–water partition coefficient (Wildman–Crippen LogP) is 15.1. The lowest BCUT2D eigenvalue weighted by Gasteiger charge is -2.43. The lowest BCUT2D eigenvalue weighted by atomic mass is 9.61. The molecule has 0 aliphatic heterocycles. The molecule has 12 rings (SSSR count). The first kappa shape index (κ1) is 38.1. The molecule has 1 aliphatic carbocycles. The molecular formula is C59H47N5. The van der Waals surface area contributed by atoms with Gasteiger partial charge in [-0.1, -0.05) is 179 Å². The zero-order valence-corrected chi connectivity index (χ0v) is 36.5. The van der Waals surface area contributed by atoms with Crippen molar-refractivity contribution in [2.75, 3.05) is 0 Å². The number of aromatic nitrogens is 5. The number of benzene rings is 8. The number of nitrogens with zero attached hydrogens (tertiary/aromatic N) is 5. The first-order valence-corrected chi connectivity index (χ1v) is 22.4. The van der Waals surface area contributed by atoms with E-state index >= 15 is 0 Å². The summed E-state index contributed by atoms with van der Waals surface area (Å²) in [5, 5.41) is 4.74. The third-order valence-electron chi connectivity index (χ3n) is 13.9. The van der Waals surface area contributed by atoms with Gasteiger partial charge in [-0.15, -0.1) is 0 Å². The van der Waals surface area contributed by atoms with E-state index < -0.39 is 0 Å². The van der Waals surface area contributed by atoms with E-state index in [1.807, 2.05) is 24.3 Å². The molecule has 3 heterocycles. The van der Waals surface area contributed by atoms with E-state index in [0.717, 1.165) is 44.3 Å². The van der Waals surface area contributed by atoms with Crippen molar-refractivity contribution in [3.63, 3.8) is 0 Å². The summed E-state index contributed by atoms with van der Waals surface area (Å²) in [6, 6.07) is 67.4. The first-order chi connectivity index (χ1) is 31.2. The number of rotatable bonds is 6. The molecule has 8 aromatic carbocycles. The summed E-state index contributed by atoms with van der Waals surface area (Å²) in [7, 11) is 0. The molecule has 0 saturated heterocycles. The lowest BCUT2D eigenvalue weighted by molar-refractivity contribution is 0.333. The van der Waals surface area contributed by atoms with Crippen LogP contribution in [-0.2, 0) is 10.8 Å². The van der Waals surface area contributed by atoms with Gasteiger partial charge in [-0.25, -0.2) is 4.98 Å². The Kier molecular flexibility index (Phi) is 8.61. The molecule has 0 fully saturated rings. The van der Waals surface area contributed by atoms with Gasteiger partial charge in [0.25, 0.3) is 0 Å². The topological polar surface area (TPSA) is 48.5 Å². The molecule has 0 unspecified atom stereocenters. The third-order valence-corrected chi connectivity index (χ3v) is 13.9. The molecule has 0 atom stereocenters. The highest BCUT2D eigenvalue weighted by atomic mass is 15.2. The van der Waals surface area contributed by atoms with Gasteiger partial charge < -0.3 is 4.57 Å². The molecule has 0 radical (unpaired) electrons. The minimum atomic E-state index is 0.109. The van der Waals surface area contributed by atoms with Crippen LogP contribution in [0.3, 0.4) is 0 Å². The van der Waals surface area contributed by atoms with Gasteiger partial charge in [0, 0.05) is 38.4 Å². The number of fused-ring (bicyclic) bond motifs is 8. The fourth-order valence-corrected chi connectivity index (χ4v) is 10.5. The summed E-state index contributed by atoms with van der Waals surface area (Å²) >= 11 is 0. The fourth-order valence-electron chi connectivity index (χ4n) is 10.5. The van der Waals surface area contributed by atoms with Crippen LogP contribution in [0.5, 0.6) is 0 Å². The van der Waals surface area contributed by atoms with Crippen molar-refractivity contribution in [1.82, 2.24) is 24.1 Å². The Balaban J connectivity index is 1.04. The van der Waals surface area contributed by atoms with Crippen LogP contribution in [0.25, 0.3) is 100 Å². The van der Waals surface area contributed by atoms with E-state index in [-0.39, 0.29) is 10.8 Å². The Morgan fingerprint density at radius 3 is 1.50 bits per heavy atom. The average Bonchev–Trinajstić information content (AvgIpc) is 3.86. The number of para-hydroxylation sites is 2. The normalized spacial score (nSPS) is 14.4. The van der Waals surface area contributed by atoms with Crippen molar-refractivity contribution >= 4 is 43.6 Å². The van der Waals surface area contributed by atoms with Gasteiger partial charge in [-0.05, 0) is 93.5 Å². The lowest BCUT2D eigenvalue weighted by Crippen LogP contribution is -2.34. The highest BCUT2D eigenvalue weighted by Crippen LogP contribution is 2.50. The van der Waals surface area contributed by atoms with E-state index in [0.29, 0.717) is 17.6 Å². The Morgan fingerprint density at radius 2 is 0.859 bits per heavy atom. The maximum Gasteiger partial charge on any atom is 0.238 e. The minimum Gasteiger partial charge on any atom is -0.309 e. The molecule has 5 heteroatoms. The summed E-state index contributed by atoms with van der Waals surface area (Å²) in [4.78, 5) is 15.6. The van der Waals surface area contributed by atoms with E-state index in [1.54, 1.807) is 0 Å².